The van der Waals surface area contributed by atoms with Crippen LogP contribution in [-0.4, -0.2) is 25.3 Å². The van der Waals surface area contributed by atoms with E-state index in [0.717, 1.165) is 25.9 Å². The zero-order valence-electron chi connectivity index (χ0n) is 6.84. The molecule has 11 heavy (non-hydrogen) atoms. The lowest BCUT2D eigenvalue weighted by Gasteiger charge is -2.23. The molecule has 1 rings (SSSR count). The van der Waals surface area contributed by atoms with Crippen molar-refractivity contribution in [2.24, 2.45) is 0 Å². The fraction of sp³-hybridized carbons (Fsp3) is 0.875. The normalized spacial score (nSPS) is 27.5. The van der Waals surface area contributed by atoms with Crippen LogP contribution in [0.25, 0.3) is 0 Å². The van der Waals surface area contributed by atoms with Gasteiger partial charge in [0.05, 0.1) is 12.2 Å². The van der Waals surface area contributed by atoms with Crippen LogP contribution in [0.2, 0.25) is 0 Å². The summed E-state index contributed by atoms with van der Waals surface area (Å²) in [6.45, 7) is 3.77. The van der Waals surface area contributed by atoms with Gasteiger partial charge in [0, 0.05) is 6.54 Å². The third-order valence-corrected chi connectivity index (χ3v) is 1.83. The second-order valence-electron chi connectivity index (χ2n) is 2.88. The number of hydrogen-bond donors (Lipinski definition) is 1. The van der Waals surface area contributed by atoms with Crippen LogP contribution >= 0.6 is 0 Å². The molecule has 1 saturated heterocycles. The summed E-state index contributed by atoms with van der Waals surface area (Å²) in [5.41, 5.74) is 0. The zero-order chi connectivity index (χ0) is 8.10. The number of nitriles is 1. The molecule has 1 unspecified atom stereocenters. The molecule has 1 aliphatic rings. The minimum atomic E-state index is -0.264. The van der Waals surface area contributed by atoms with Crippen molar-refractivity contribution >= 4 is 0 Å². The summed E-state index contributed by atoms with van der Waals surface area (Å²) in [6, 6.07) is 2.06. The SMILES string of the molecule is CC(C#N)O[C@H]1CCCNC1. The van der Waals surface area contributed by atoms with Gasteiger partial charge in [0.15, 0.2) is 0 Å². The molecule has 0 bridgehead atoms. The predicted molar refractivity (Wildman–Crippen MR) is 42.1 cm³/mol. The van der Waals surface area contributed by atoms with Crippen LogP contribution in [0.4, 0.5) is 0 Å². The minimum Gasteiger partial charge on any atom is -0.359 e. The lowest BCUT2D eigenvalue weighted by atomic mass is 10.1. The molecular weight excluding hydrogens is 140 g/mol. The van der Waals surface area contributed by atoms with E-state index in [1.165, 1.54) is 0 Å². The molecule has 1 fully saturated rings. The number of piperidine rings is 1. The molecule has 0 spiro atoms. The summed E-state index contributed by atoms with van der Waals surface area (Å²) in [4.78, 5) is 0. The Morgan fingerprint density at radius 1 is 1.73 bits per heavy atom. The summed E-state index contributed by atoms with van der Waals surface area (Å²) in [5.74, 6) is 0. The summed E-state index contributed by atoms with van der Waals surface area (Å²) in [6.07, 6.45) is 2.22. The molecule has 1 aliphatic heterocycles. The fourth-order valence-electron chi connectivity index (χ4n) is 1.26. The standard InChI is InChI=1S/C8H14N2O/c1-7(5-9)11-8-3-2-4-10-6-8/h7-8,10H,2-4,6H2,1H3/t7?,8-/m0/s1. The maximum absolute atomic E-state index is 8.47. The van der Waals surface area contributed by atoms with E-state index in [0.29, 0.717) is 0 Å². The molecule has 1 heterocycles. The molecule has 0 saturated carbocycles. The Morgan fingerprint density at radius 2 is 2.55 bits per heavy atom. The summed E-state index contributed by atoms with van der Waals surface area (Å²) >= 11 is 0. The van der Waals surface area contributed by atoms with Crippen molar-refractivity contribution in [3.05, 3.63) is 0 Å². The van der Waals surface area contributed by atoms with Gasteiger partial charge in [-0.2, -0.15) is 5.26 Å². The number of hydrogen-bond acceptors (Lipinski definition) is 3. The molecule has 0 aliphatic carbocycles. The van der Waals surface area contributed by atoms with Crippen molar-refractivity contribution in [1.82, 2.24) is 5.32 Å². The molecule has 3 heteroatoms. The Morgan fingerprint density at radius 3 is 3.09 bits per heavy atom. The fourth-order valence-corrected chi connectivity index (χ4v) is 1.26. The quantitative estimate of drug-likeness (QED) is 0.635. The first-order valence-corrected chi connectivity index (χ1v) is 4.08. The first-order chi connectivity index (χ1) is 5.33. The summed E-state index contributed by atoms with van der Waals surface area (Å²) in [7, 11) is 0. The molecule has 0 radical (unpaired) electrons. The van der Waals surface area contributed by atoms with Crippen LogP contribution in [-0.2, 0) is 4.74 Å². The van der Waals surface area contributed by atoms with Gasteiger partial charge < -0.3 is 10.1 Å². The second kappa shape index (κ2) is 4.32. The van der Waals surface area contributed by atoms with Gasteiger partial charge in [-0.05, 0) is 26.3 Å². The highest BCUT2D eigenvalue weighted by molar-refractivity contribution is 4.82. The molecule has 1 N–H and O–H groups in total. The van der Waals surface area contributed by atoms with E-state index in [2.05, 4.69) is 11.4 Å². The first-order valence-electron chi connectivity index (χ1n) is 4.08. The zero-order valence-corrected chi connectivity index (χ0v) is 6.84. The van der Waals surface area contributed by atoms with Gasteiger partial charge in [-0.15, -0.1) is 0 Å². The molecule has 0 aromatic carbocycles. The van der Waals surface area contributed by atoms with Crippen molar-refractivity contribution in [2.75, 3.05) is 13.1 Å². The number of ether oxygens (including phenoxy) is 1. The van der Waals surface area contributed by atoms with E-state index in [1.807, 2.05) is 0 Å². The Labute approximate surface area is 67.3 Å². The van der Waals surface area contributed by atoms with E-state index in [4.69, 9.17) is 10.00 Å². The van der Waals surface area contributed by atoms with Gasteiger partial charge in [0.2, 0.25) is 0 Å². The monoisotopic (exact) mass is 154 g/mol. The van der Waals surface area contributed by atoms with Crippen LogP contribution in [0.1, 0.15) is 19.8 Å². The van der Waals surface area contributed by atoms with E-state index >= 15 is 0 Å². The number of rotatable bonds is 2. The highest BCUT2D eigenvalue weighted by Gasteiger charge is 2.15. The van der Waals surface area contributed by atoms with E-state index in [1.54, 1.807) is 6.92 Å². The van der Waals surface area contributed by atoms with E-state index < -0.39 is 0 Å². The smallest absolute Gasteiger partial charge is 0.141 e. The largest absolute Gasteiger partial charge is 0.359 e. The molecule has 0 amide bonds. The van der Waals surface area contributed by atoms with Crippen molar-refractivity contribution in [3.8, 4) is 6.07 Å². The molecule has 62 valence electrons. The lowest BCUT2D eigenvalue weighted by Crippen LogP contribution is -2.36. The maximum Gasteiger partial charge on any atom is 0.141 e. The van der Waals surface area contributed by atoms with Gasteiger partial charge in [0.25, 0.3) is 0 Å². The number of nitrogens with one attached hydrogen (secondary N) is 1. The van der Waals surface area contributed by atoms with Crippen LogP contribution in [0, 0.1) is 11.3 Å². The van der Waals surface area contributed by atoms with Crippen molar-refractivity contribution in [2.45, 2.75) is 32.0 Å². The van der Waals surface area contributed by atoms with Gasteiger partial charge in [-0.1, -0.05) is 0 Å². The Kier molecular flexibility index (Phi) is 3.34. The average molecular weight is 154 g/mol. The third-order valence-electron chi connectivity index (χ3n) is 1.83. The van der Waals surface area contributed by atoms with Gasteiger partial charge >= 0.3 is 0 Å². The molecular formula is C8H14N2O. The Bertz CT molecular complexity index is 147. The van der Waals surface area contributed by atoms with Crippen molar-refractivity contribution in [1.29, 1.82) is 5.26 Å². The molecule has 3 nitrogen and oxygen atoms in total. The highest BCUT2D eigenvalue weighted by Crippen LogP contribution is 2.07. The minimum absolute atomic E-state index is 0.249. The van der Waals surface area contributed by atoms with Gasteiger partial charge in [-0.3, -0.25) is 0 Å². The molecule has 2 atom stereocenters. The van der Waals surface area contributed by atoms with Crippen LogP contribution < -0.4 is 5.32 Å². The Hall–Kier alpha value is -0.590. The molecule has 0 aromatic heterocycles. The maximum atomic E-state index is 8.47. The average Bonchev–Trinajstić information content (AvgIpc) is 2.06. The number of nitrogens with zero attached hydrogens (tertiary/aromatic N) is 1. The predicted octanol–water partition coefficient (Wildman–Crippen LogP) is 0.667. The molecule has 0 aromatic rings. The second-order valence-corrected chi connectivity index (χ2v) is 2.88. The summed E-state index contributed by atoms with van der Waals surface area (Å²) in [5, 5.41) is 11.7. The highest BCUT2D eigenvalue weighted by atomic mass is 16.5. The topological polar surface area (TPSA) is 45.0 Å². The summed E-state index contributed by atoms with van der Waals surface area (Å²) < 4.78 is 5.42. The Balaban J connectivity index is 2.20. The van der Waals surface area contributed by atoms with Crippen molar-refractivity contribution in [3.63, 3.8) is 0 Å². The van der Waals surface area contributed by atoms with Crippen molar-refractivity contribution < 1.29 is 4.74 Å². The first kappa shape index (κ1) is 8.51. The third kappa shape index (κ3) is 2.87. The van der Waals surface area contributed by atoms with E-state index in [-0.39, 0.29) is 12.2 Å². The van der Waals surface area contributed by atoms with Gasteiger partial charge in [0.1, 0.15) is 6.10 Å². The van der Waals surface area contributed by atoms with Crippen LogP contribution in [0.3, 0.4) is 0 Å². The van der Waals surface area contributed by atoms with Crippen LogP contribution in [0.5, 0.6) is 0 Å². The van der Waals surface area contributed by atoms with Crippen LogP contribution in [0.15, 0.2) is 0 Å². The van der Waals surface area contributed by atoms with Gasteiger partial charge in [-0.25, -0.2) is 0 Å². The van der Waals surface area contributed by atoms with E-state index in [9.17, 15) is 0 Å². The lowest BCUT2D eigenvalue weighted by molar-refractivity contribution is 0.0127.